The molecule has 0 N–H and O–H groups in total. The van der Waals surface area contributed by atoms with Gasteiger partial charge in [0.25, 0.3) is 0 Å². The Bertz CT molecular complexity index is 541. The lowest BCUT2D eigenvalue weighted by Gasteiger charge is -2.65. The Morgan fingerprint density at radius 3 is 2.38 bits per heavy atom. The highest BCUT2D eigenvalue weighted by molar-refractivity contribution is 5.12. The maximum atomic E-state index is 4.47. The Labute approximate surface area is 128 Å². The Balaban J connectivity index is 1.67. The summed E-state index contributed by atoms with van der Waals surface area (Å²) in [5, 5.41) is 8.66. The van der Waals surface area contributed by atoms with E-state index < -0.39 is 0 Å². The van der Waals surface area contributed by atoms with Crippen molar-refractivity contribution in [1.82, 2.24) is 14.8 Å². The average Bonchev–Trinajstić information content (AvgIpc) is 2.70. The molecule has 116 valence electrons. The summed E-state index contributed by atoms with van der Waals surface area (Å²) >= 11 is 0. The number of hydrogen-bond donors (Lipinski definition) is 0. The van der Waals surface area contributed by atoms with Crippen molar-refractivity contribution in [2.75, 3.05) is 0 Å². The standard InChI is InChI=1S/C18H29N3/c1-13(2)21-12-19-20-15(21)8-18-7-14-5-16(3,10-18)9-17(4,6-14)11-18/h12-14H,5-11H2,1-4H3. The molecule has 0 amide bonds. The largest absolute Gasteiger partial charge is 0.315 e. The van der Waals surface area contributed by atoms with Crippen LogP contribution >= 0.6 is 0 Å². The maximum Gasteiger partial charge on any atom is 0.133 e. The normalized spacial score (nSPS) is 44.7. The molecule has 4 bridgehead atoms. The summed E-state index contributed by atoms with van der Waals surface area (Å²) in [5.74, 6) is 2.19. The van der Waals surface area contributed by atoms with Crippen LogP contribution < -0.4 is 0 Å². The third-order valence-electron chi connectivity index (χ3n) is 6.48. The van der Waals surface area contributed by atoms with Gasteiger partial charge in [-0.15, -0.1) is 10.2 Å². The van der Waals surface area contributed by atoms with Crippen LogP contribution in [0.4, 0.5) is 0 Å². The predicted octanol–water partition coefficient (Wildman–Crippen LogP) is 4.40. The first kappa shape index (κ1) is 13.8. The summed E-state index contributed by atoms with van der Waals surface area (Å²) in [6, 6.07) is 0.468. The fourth-order valence-electron chi connectivity index (χ4n) is 7.04. The van der Waals surface area contributed by atoms with E-state index in [1.165, 1.54) is 44.3 Å². The SMILES string of the molecule is CC(C)n1cnnc1CC12CC3CC(C)(CC(C)(C3)C1)C2. The Morgan fingerprint density at radius 1 is 1.14 bits per heavy atom. The molecule has 4 aliphatic rings. The molecule has 4 aliphatic carbocycles. The topological polar surface area (TPSA) is 30.7 Å². The van der Waals surface area contributed by atoms with Gasteiger partial charge < -0.3 is 4.57 Å². The molecule has 2 unspecified atom stereocenters. The monoisotopic (exact) mass is 287 g/mol. The van der Waals surface area contributed by atoms with Gasteiger partial charge in [-0.25, -0.2) is 0 Å². The Hall–Kier alpha value is -0.860. The number of rotatable bonds is 3. The molecule has 4 saturated carbocycles. The van der Waals surface area contributed by atoms with E-state index in [9.17, 15) is 0 Å². The van der Waals surface area contributed by atoms with E-state index in [2.05, 4.69) is 42.5 Å². The first-order chi connectivity index (χ1) is 9.81. The quantitative estimate of drug-likeness (QED) is 0.825. The lowest BCUT2D eigenvalue weighted by Crippen LogP contribution is -2.55. The summed E-state index contributed by atoms with van der Waals surface area (Å²) in [5.41, 5.74) is 1.69. The molecular weight excluding hydrogens is 258 g/mol. The van der Waals surface area contributed by atoms with Crippen LogP contribution in [0.3, 0.4) is 0 Å². The molecule has 2 atom stereocenters. The van der Waals surface area contributed by atoms with E-state index in [4.69, 9.17) is 0 Å². The molecule has 3 nitrogen and oxygen atoms in total. The summed E-state index contributed by atoms with van der Waals surface area (Å²) in [6.45, 7) is 9.57. The second-order valence-electron chi connectivity index (χ2n) is 9.56. The molecule has 5 rings (SSSR count). The second-order valence-corrected chi connectivity index (χ2v) is 9.56. The third-order valence-corrected chi connectivity index (χ3v) is 6.48. The second kappa shape index (κ2) is 4.11. The highest BCUT2D eigenvalue weighted by Gasteiger charge is 2.60. The summed E-state index contributed by atoms with van der Waals surface area (Å²) in [4.78, 5) is 0. The van der Waals surface area contributed by atoms with E-state index in [1.54, 1.807) is 0 Å². The molecule has 4 fully saturated rings. The minimum atomic E-state index is 0.468. The lowest BCUT2D eigenvalue weighted by molar-refractivity contribution is -0.145. The van der Waals surface area contributed by atoms with Crippen molar-refractivity contribution < 1.29 is 0 Å². The number of hydrogen-bond acceptors (Lipinski definition) is 2. The third kappa shape index (κ3) is 2.15. The van der Waals surface area contributed by atoms with Gasteiger partial charge >= 0.3 is 0 Å². The molecule has 1 aromatic rings. The number of nitrogens with zero attached hydrogens (tertiary/aromatic N) is 3. The van der Waals surface area contributed by atoms with Crippen molar-refractivity contribution in [1.29, 1.82) is 0 Å². The van der Waals surface area contributed by atoms with Crippen molar-refractivity contribution >= 4 is 0 Å². The van der Waals surface area contributed by atoms with Crippen LogP contribution in [0.1, 0.15) is 78.1 Å². The van der Waals surface area contributed by atoms with Gasteiger partial charge in [0, 0.05) is 12.5 Å². The first-order valence-electron chi connectivity index (χ1n) is 8.69. The fraction of sp³-hybridized carbons (Fsp3) is 0.889. The summed E-state index contributed by atoms with van der Waals surface area (Å²) < 4.78 is 2.28. The maximum absolute atomic E-state index is 4.47. The van der Waals surface area contributed by atoms with Gasteiger partial charge in [-0.3, -0.25) is 0 Å². The molecule has 21 heavy (non-hydrogen) atoms. The van der Waals surface area contributed by atoms with E-state index in [-0.39, 0.29) is 0 Å². The zero-order valence-electron chi connectivity index (χ0n) is 14.0. The smallest absolute Gasteiger partial charge is 0.133 e. The molecule has 0 saturated heterocycles. The van der Waals surface area contributed by atoms with E-state index in [0.29, 0.717) is 22.3 Å². The highest BCUT2D eigenvalue weighted by atomic mass is 15.3. The molecule has 0 aromatic carbocycles. The van der Waals surface area contributed by atoms with Crippen LogP contribution in [-0.4, -0.2) is 14.8 Å². The van der Waals surface area contributed by atoms with Crippen LogP contribution in [0.2, 0.25) is 0 Å². The van der Waals surface area contributed by atoms with Crippen molar-refractivity contribution in [2.24, 2.45) is 22.2 Å². The van der Waals surface area contributed by atoms with E-state index in [1.807, 2.05) is 6.33 Å². The molecule has 1 heterocycles. The molecule has 0 aliphatic heterocycles. The van der Waals surface area contributed by atoms with Crippen molar-refractivity contribution in [2.45, 2.75) is 78.7 Å². The Kier molecular flexibility index (Phi) is 2.70. The van der Waals surface area contributed by atoms with Gasteiger partial charge in [0.1, 0.15) is 12.2 Å². The van der Waals surface area contributed by atoms with Gasteiger partial charge in [0.15, 0.2) is 0 Å². The lowest BCUT2D eigenvalue weighted by atomic mass is 9.40. The van der Waals surface area contributed by atoms with Crippen LogP contribution in [0, 0.1) is 22.2 Å². The molecular formula is C18H29N3. The van der Waals surface area contributed by atoms with Crippen molar-refractivity contribution in [3.63, 3.8) is 0 Å². The van der Waals surface area contributed by atoms with Crippen LogP contribution in [0.15, 0.2) is 6.33 Å². The van der Waals surface area contributed by atoms with Crippen molar-refractivity contribution in [3.05, 3.63) is 12.2 Å². The van der Waals surface area contributed by atoms with Gasteiger partial charge in [0.2, 0.25) is 0 Å². The first-order valence-corrected chi connectivity index (χ1v) is 8.69. The fourth-order valence-corrected chi connectivity index (χ4v) is 7.04. The zero-order chi connectivity index (χ0) is 14.9. The van der Waals surface area contributed by atoms with Gasteiger partial charge in [-0.1, -0.05) is 13.8 Å². The predicted molar refractivity (Wildman–Crippen MR) is 84.0 cm³/mol. The van der Waals surface area contributed by atoms with Crippen molar-refractivity contribution in [3.8, 4) is 0 Å². The molecule has 1 aromatic heterocycles. The van der Waals surface area contributed by atoms with Crippen LogP contribution in [-0.2, 0) is 6.42 Å². The molecule has 3 heteroatoms. The number of aromatic nitrogens is 3. The minimum absolute atomic E-state index is 0.468. The average molecular weight is 287 g/mol. The highest BCUT2D eigenvalue weighted by Crippen LogP contribution is 2.70. The van der Waals surface area contributed by atoms with Crippen LogP contribution in [0.5, 0.6) is 0 Å². The zero-order valence-corrected chi connectivity index (χ0v) is 14.0. The Morgan fingerprint density at radius 2 is 1.81 bits per heavy atom. The molecule has 0 spiro atoms. The van der Waals surface area contributed by atoms with Gasteiger partial charge in [0.05, 0.1) is 0 Å². The van der Waals surface area contributed by atoms with Gasteiger partial charge in [-0.2, -0.15) is 0 Å². The summed E-state index contributed by atoms with van der Waals surface area (Å²) in [6.07, 6.45) is 11.7. The van der Waals surface area contributed by atoms with E-state index >= 15 is 0 Å². The molecule has 0 radical (unpaired) electrons. The van der Waals surface area contributed by atoms with E-state index in [0.717, 1.165) is 12.3 Å². The van der Waals surface area contributed by atoms with Crippen LogP contribution in [0.25, 0.3) is 0 Å². The summed E-state index contributed by atoms with van der Waals surface area (Å²) in [7, 11) is 0. The minimum Gasteiger partial charge on any atom is -0.315 e. The van der Waals surface area contributed by atoms with Gasteiger partial charge in [-0.05, 0) is 74.5 Å².